The molecule has 0 aliphatic carbocycles. The van der Waals surface area contributed by atoms with E-state index in [9.17, 15) is 9.59 Å². The molecule has 1 atom stereocenters. The molecule has 1 unspecified atom stereocenters. The van der Waals surface area contributed by atoms with Gasteiger partial charge >= 0.3 is 5.69 Å². The highest BCUT2D eigenvalue weighted by molar-refractivity contribution is 7.99. The summed E-state index contributed by atoms with van der Waals surface area (Å²) in [7, 11) is 1.66. The van der Waals surface area contributed by atoms with Gasteiger partial charge in [0.2, 0.25) is 0 Å². The quantitative estimate of drug-likeness (QED) is 0.334. The van der Waals surface area contributed by atoms with Gasteiger partial charge in [-0.3, -0.25) is 14.3 Å². The summed E-state index contributed by atoms with van der Waals surface area (Å²) >= 11 is 1.68. The number of aryl methyl sites for hydroxylation is 2. The van der Waals surface area contributed by atoms with Gasteiger partial charge in [-0.15, -0.1) is 0 Å². The van der Waals surface area contributed by atoms with E-state index in [1.807, 2.05) is 4.57 Å². The van der Waals surface area contributed by atoms with E-state index in [4.69, 9.17) is 0 Å². The lowest BCUT2D eigenvalue weighted by molar-refractivity contribution is 0.526. The van der Waals surface area contributed by atoms with Gasteiger partial charge in [-0.25, -0.2) is 9.78 Å². The fourth-order valence-corrected chi connectivity index (χ4v) is 4.51. The van der Waals surface area contributed by atoms with Gasteiger partial charge in [0.1, 0.15) is 0 Å². The largest absolute Gasteiger partial charge is 0.329 e. The second-order valence-corrected chi connectivity index (χ2v) is 9.46. The van der Waals surface area contributed by atoms with Crippen LogP contribution in [0.3, 0.4) is 0 Å². The molecule has 0 saturated carbocycles. The van der Waals surface area contributed by atoms with Crippen LogP contribution in [0.5, 0.6) is 0 Å². The van der Waals surface area contributed by atoms with Crippen LogP contribution in [0.1, 0.15) is 91.4 Å². The first-order valence-electron chi connectivity index (χ1n) is 11.4. The molecular weight excluding hydrogens is 384 g/mol. The lowest BCUT2D eigenvalue weighted by atomic mass is 10.1. The summed E-state index contributed by atoms with van der Waals surface area (Å²) in [5, 5.41) is 1.26. The van der Waals surface area contributed by atoms with Crippen molar-refractivity contribution in [3.05, 3.63) is 20.8 Å². The molecule has 0 fully saturated rings. The first kappa shape index (κ1) is 23.8. The number of nitrogens with one attached hydrogen (secondary N) is 1. The molecule has 7 heteroatoms. The number of imidazole rings is 1. The van der Waals surface area contributed by atoms with Crippen molar-refractivity contribution < 1.29 is 0 Å². The van der Waals surface area contributed by atoms with Crippen molar-refractivity contribution in [2.24, 2.45) is 7.05 Å². The van der Waals surface area contributed by atoms with E-state index in [2.05, 4.69) is 30.7 Å². The molecule has 0 bridgehead atoms. The van der Waals surface area contributed by atoms with Gasteiger partial charge in [0.25, 0.3) is 5.56 Å². The molecule has 0 aliphatic rings. The summed E-state index contributed by atoms with van der Waals surface area (Å²) in [6, 6.07) is 0. The molecule has 2 aromatic rings. The number of rotatable bonds is 14. The minimum Gasteiger partial charge on any atom is -0.313 e. The maximum atomic E-state index is 12.5. The van der Waals surface area contributed by atoms with Crippen LogP contribution in [0.25, 0.3) is 11.2 Å². The fraction of sp³-hybridized carbons (Fsp3) is 0.773. The number of thioether (sulfide) groups is 1. The Morgan fingerprint density at radius 3 is 2.14 bits per heavy atom. The summed E-state index contributed by atoms with van der Waals surface area (Å²) in [6.45, 7) is 7.34. The van der Waals surface area contributed by atoms with Crippen molar-refractivity contribution in [1.82, 2.24) is 19.1 Å². The van der Waals surface area contributed by atoms with Crippen LogP contribution in [0.2, 0.25) is 0 Å². The van der Waals surface area contributed by atoms with E-state index in [-0.39, 0.29) is 5.56 Å². The van der Waals surface area contributed by atoms with Crippen LogP contribution >= 0.6 is 11.8 Å². The Bertz CT molecular complexity index is 868. The van der Waals surface area contributed by atoms with Gasteiger partial charge in [0.15, 0.2) is 16.3 Å². The molecule has 0 aliphatic heterocycles. The van der Waals surface area contributed by atoms with Crippen LogP contribution in [-0.2, 0) is 13.6 Å². The number of hydrogen-bond acceptors (Lipinski definition) is 4. The molecule has 0 radical (unpaired) electrons. The second kappa shape index (κ2) is 12.3. The second-order valence-electron chi connectivity index (χ2n) is 8.06. The third kappa shape index (κ3) is 6.76. The predicted molar refractivity (Wildman–Crippen MR) is 123 cm³/mol. The zero-order valence-electron chi connectivity index (χ0n) is 18.6. The fourth-order valence-electron chi connectivity index (χ4n) is 3.53. The maximum Gasteiger partial charge on any atom is 0.329 e. The van der Waals surface area contributed by atoms with Gasteiger partial charge in [-0.2, -0.15) is 0 Å². The van der Waals surface area contributed by atoms with Crippen LogP contribution in [0.4, 0.5) is 0 Å². The standard InChI is InChI=1S/C22H38N4O2S/c1-5-7-8-9-10-11-12-13-14-15-16-26-18-19(23-22(26)29-17(3)6-2)25(4)21(28)24-20(18)27/h17H,5-16H2,1-4H3,(H,24,27,28). The third-order valence-corrected chi connectivity index (χ3v) is 6.85. The summed E-state index contributed by atoms with van der Waals surface area (Å²) in [6.07, 6.45) is 13.8. The van der Waals surface area contributed by atoms with Crippen molar-refractivity contribution in [1.29, 1.82) is 0 Å². The highest BCUT2D eigenvalue weighted by atomic mass is 32.2. The van der Waals surface area contributed by atoms with Crippen LogP contribution in [-0.4, -0.2) is 24.4 Å². The van der Waals surface area contributed by atoms with E-state index < -0.39 is 5.69 Å². The summed E-state index contributed by atoms with van der Waals surface area (Å²) in [5.74, 6) is 0. The monoisotopic (exact) mass is 422 g/mol. The number of H-pyrrole nitrogens is 1. The molecule has 164 valence electrons. The lowest BCUT2D eigenvalue weighted by Gasteiger charge is -2.11. The van der Waals surface area contributed by atoms with Crippen molar-refractivity contribution >= 4 is 22.9 Å². The molecule has 29 heavy (non-hydrogen) atoms. The van der Waals surface area contributed by atoms with E-state index >= 15 is 0 Å². The van der Waals surface area contributed by atoms with E-state index in [1.165, 1.54) is 55.9 Å². The highest BCUT2D eigenvalue weighted by Crippen LogP contribution is 2.27. The SMILES string of the molecule is CCCCCCCCCCCCn1c(SC(C)CC)nc2c1c(=O)[nH]c(=O)n2C. The number of aromatic amines is 1. The number of unbranched alkanes of at least 4 members (excludes halogenated alkanes) is 9. The van der Waals surface area contributed by atoms with Gasteiger partial charge in [-0.05, 0) is 12.8 Å². The predicted octanol–water partition coefficient (Wildman–Crippen LogP) is 5.23. The molecule has 0 aromatic carbocycles. The maximum absolute atomic E-state index is 12.5. The molecule has 0 saturated heterocycles. The average molecular weight is 423 g/mol. The zero-order chi connectivity index (χ0) is 21.2. The molecule has 0 amide bonds. The molecular formula is C22H38N4O2S. The number of aromatic nitrogens is 4. The van der Waals surface area contributed by atoms with Gasteiger partial charge in [0.05, 0.1) is 0 Å². The molecule has 2 aromatic heterocycles. The smallest absolute Gasteiger partial charge is 0.313 e. The van der Waals surface area contributed by atoms with E-state index in [1.54, 1.807) is 18.8 Å². The summed E-state index contributed by atoms with van der Waals surface area (Å²) in [5.41, 5.74) is 0.260. The first-order chi connectivity index (χ1) is 14.0. The van der Waals surface area contributed by atoms with Gasteiger partial charge in [0, 0.05) is 18.8 Å². The van der Waals surface area contributed by atoms with E-state index in [0.29, 0.717) is 16.4 Å². The van der Waals surface area contributed by atoms with E-state index in [0.717, 1.165) is 31.0 Å². The van der Waals surface area contributed by atoms with Gasteiger partial charge in [-0.1, -0.05) is 90.3 Å². The minimum atomic E-state index is -0.411. The third-order valence-electron chi connectivity index (χ3n) is 5.59. The van der Waals surface area contributed by atoms with Gasteiger partial charge < -0.3 is 4.57 Å². The minimum absolute atomic E-state index is 0.335. The Morgan fingerprint density at radius 2 is 1.55 bits per heavy atom. The molecule has 2 rings (SSSR count). The average Bonchev–Trinajstić information content (AvgIpc) is 3.06. The number of hydrogen-bond donors (Lipinski definition) is 1. The Morgan fingerprint density at radius 1 is 0.966 bits per heavy atom. The molecule has 0 spiro atoms. The highest BCUT2D eigenvalue weighted by Gasteiger charge is 2.18. The summed E-state index contributed by atoms with van der Waals surface area (Å²) < 4.78 is 3.46. The Hall–Kier alpha value is -1.50. The molecule has 1 N–H and O–H groups in total. The van der Waals surface area contributed by atoms with Crippen molar-refractivity contribution in [2.45, 2.75) is 108 Å². The van der Waals surface area contributed by atoms with Crippen molar-refractivity contribution in [2.75, 3.05) is 0 Å². The molecule has 2 heterocycles. The lowest BCUT2D eigenvalue weighted by Crippen LogP contribution is -2.29. The van der Waals surface area contributed by atoms with Crippen LogP contribution in [0, 0.1) is 0 Å². The normalized spacial score (nSPS) is 12.7. The van der Waals surface area contributed by atoms with Crippen LogP contribution in [0.15, 0.2) is 14.7 Å². The van der Waals surface area contributed by atoms with Crippen molar-refractivity contribution in [3.8, 4) is 0 Å². The number of nitrogens with zero attached hydrogens (tertiary/aromatic N) is 3. The Labute approximate surface area is 178 Å². The van der Waals surface area contributed by atoms with Crippen LogP contribution < -0.4 is 11.2 Å². The Balaban J connectivity index is 1.98. The van der Waals surface area contributed by atoms with Crippen molar-refractivity contribution in [3.63, 3.8) is 0 Å². The topological polar surface area (TPSA) is 72.7 Å². The molecule has 6 nitrogen and oxygen atoms in total. The summed E-state index contributed by atoms with van der Waals surface area (Å²) in [4.78, 5) is 31.5. The first-order valence-corrected chi connectivity index (χ1v) is 12.2. The zero-order valence-corrected chi connectivity index (χ0v) is 19.4. The number of fused-ring (bicyclic) bond motifs is 1. The Kier molecular flexibility index (Phi) is 10.0.